The van der Waals surface area contributed by atoms with Crippen molar-refractivity contribution in [1.29, 1.82) is 0 Å². The van der Waals surface area contributed by atoms with E-state index in [1.807, 2.05) is 31.2 Å². The summed E-state index contributed by atoms with van der Waals surface area (Å²) in [4.78, 5) is 27.2. The van der Waals surface area contributed by atoms with Crippen LogP contribution in [0.2, 0.25) is 9.36 Å². The molecule has 3 rings (SSSR count). The summed E-state index contributed by atoms with van der Waals surface area (Å²) in [5.74, 6) is -0.618. The second-order valence-electron chi connectivity index (χ2n) is 6.70. The Labute approximate surface area is 172 Å². The van der Waals surface area contributed by atoms with Gasteiger partial charge in [0.15, 0.2) is 5.69 Å². The van der Waals surface area contributed by atoms with Crippen LogP contribution in [0.4, 0.5) is 5.69 Å². The molecule has 144 valence electrons. The van der Waals surface area contributed by atoms with E-state index < -0.39 is 5.91 Å². The van der Waals surface area contributed by atoms with Gasteiger partial charge in [-0.2, -0.15) is 4.37 Å². The molecule has 27 heavy (non-hydrogen) atoms. The Hall–Kier alpha value is -1.63. The number of hydrogen-bond donors (Lipinski definition) is 1. The van der Waals surface area contributed by atoms with Crippen molar-refractivity contribution in [3.05, 3.63) is 44.9 Å². The van der Waals surface area contributed by atoms with Crippen molar-refractivity contribution in [2.75, 3.05) is 11.4 Å². The molecule has 2 aromatic rings. The Kier molecular flexibility index (Phi) is 6.73. The van der Waals surface area contributed by atoms with Gasteiger partial charge in [0.25, 0.3) is 5.91 Å². The lowest BCUT2D eigenvalue weighted by Gasteiger charge is -2.26. The van der Waals surface area contributed by atoms with Crippen molar-refractivity contribution in [2.24, 2.45) is 0 Å². The number of aromatic nitrogens is 1. The topological polar surface area (TPSA) is 62.3 Å². The molecule has 1 aliphatic carbocycles. The van der Waals surface area contributed by atoms with Crippen LogP contribution in [0.3, 0.4) is 0 Å². The molecule has 1 aromatic heterocycles. The van der Waals surface area contributed by atoms with Crippen molar-refractivity contribution >= 4 is 52.2 Å². The quantitative estimate of drug-likeness (QED) is 0.743. The lowest BCUT2D eigenvalue weighted by Crippen LogP contribution is -2.45. The van der Waals surface area contributed by atoms with Crippen molar-refractivity contribution in [3.8, 4) is 0 Å². The van der Waals surface area contributed by atoms with E-state index in [1.165, 1.54) is 11.3 Å². The number of carbonyl (C=O) groups is 2. The first-order chi connectivity index (χ1) is 13.0. The summed E-state index contributed by atoms with van der Waals surface area (Å²) in [6.07, 6.45) is 5.43. The summed E-state index contributed by atoms with van der Waals surface area (Å²) in [6.45, 7) is 1.80. The Balaban J connectivity index is 1.84. The number of nitrogens with one attached hydrogen (secondary N) is 1. The molecule has 0 radical (unpaired) electrons. The molecule has 0 saturated heterocycles. The van der Waals surface area contributed by atoms with Gasteiger partial charge in [-0.1, -0.05) is 60.7 Å². The predicted molar refractivity (Wildman–Crippen MR) is 110 cm³/mol. The number of nitrogens with zero attached hydrogens (tertiary/aromatic N) is 2. The first kappa shape index (κ1) is 20.1. The van der Waals surface area contributed by atoms with E-state index in [1.54, 1.807) is 0 Å². The summed E-state index contributed by atoms with van der Waals surface area (Å²) in [5.41, 5.74) is 1.61. The maximum absolute atomic E-state index is 13.1. The number of hydrogen-bond acceptors (Lipinski definition) is 4. The number of anilines is 1. The molecule has 1 heterocycles. The van der Waals surface area contributed by atoms with Crippen LogP contribution in [0.25, 0.3) is 0 Å². The molecule has 1 aliphatic rings. The minimum Gasteiger partial charge on any atom is -0.352 e. The highest BCUT2D eigenvalue weighted by Gasteiger charge is 2.28. The highest BCUT2D eigenvalue weighted by molar-refractivity contribution is 7.11. The summed E-state index contributed by atoms with van der Waals surface area (Å²) in [5, 5.41) is 3.18. The second-order valence-corrected chi connectivity index (χ2v) is 8.45. The zero-order valence-electron chi connectivity index (χ0n) is 15.0. The minimum absolute atomic E-state index is 0.0698. The fourth-order valence-corrected chi connectivity index (χ4v) is 4.30. The first-order valence-corrected chi connectivity index (χ1v) is 10.5. The Bertz CT molecular complexity index is 834. The van der Waals surface area contributed by atoms with Gasteiger partial charge in [-0.15, -0.1) is 0 Å². The van der Waals surface area contributed by atoms with Crippen LogP contribution in [0.5, 0.6) is 0 Å². The summed E-state index contributed by atoms with van der Waals surface area (Å²) < 4.78 is 4.33. The van der Waals surface area contributed by atoms with Gasteiger partial charge in [-0.25, -0.2) is 0 Å². The maximum Gasteiger partial charge on any atom is 0.280 e. The zero-order valence-corrected chi connectivity index (χ0v) is 17.3. The molecular formula is C19H21Cl2N3O2S. The highest BCUT2D eigenvalue weighted by atomic mass is 35.5. The SMILES string of the molecule is Cc1ccccc1N(CC(=O)NC1CCCCC1)C(=O)c1nsc(Cl)c1Cl. The molecule has 1 fully saturated rings. The smallest absolute Gasteiger partial charge is 0.280 e. The molecular weight excluding hydrogens is 405 g/mol. The molecule has 0 unspecified atom stereocenters. The van der Waals surface area contributed by atoms with Crippen LogP contribution in [0.1, 0.15) is 48.2 Å². The number of rotatable bonds is 5. The zero-order chi connectivity index (χ0) is 19.4. The van der Waals surface area contributed by atoms with E-state index in [0.29, 0.717) is 5.69 Å². The number of amides is 2. The van der Waals surface area contributed by atoms with Crippen molar-refractivity contribution in [1.82, 2.24) is 9.69 Å². The largest absolute Gasteiger partial charge is 0.352 e. The Morgan fingerprint density at radius 1 is 1.22 bits per heavy atom. The van der Waals surface area contributed by atoms with E-state index in [4.69, 9.17) is 23.2 Å². The second kappa shape index (κ2) is 9.04. The minimum atomic E-state index is -0.434. The standard InChI is InChI=1S/C19H21Cl2N3O2S/c1-12-7-5-6-10-14(12)24(19(26)17-16(20)18(21)27-23-17)11-15(25)22-13-8-3-2-4-9-13/h5-7,10,13H,2-4,8-9,11H2,1H3,(H,22,25). The molecule has 0 atom stereocenters. The Morgan fingerprint density at radius 2 is 1.93 bits per heavy atom. The third-order valence-corrected chi connectivity index (χ3v) is 6.33. The van der Waals surface area contributed by atoms with Crippen molar-refractivity contribution in [2.45, 2.75) is 45.1 Å². The van der Waals surface area contributed by atoms with Gasteiger partial charge in [0.1, 0.15) is 15.9 Å². The van der Waals surface area contributed by atoms with Crippen LogP contribution >= 0.6 is 34.7 Å². The van der Waals surface area contributed by atoms with Crippen LogP contribution in [-0.2, 0) is 4.79 Å². The lowest BCUT2D eigenvalue weighted by molar-refractivity contribution is -0.120. The molecule has 1 N–H and O–H groups in total. The molecule has 1 aromatic carbocycles. The third kappa shape index (κ3) is 4.81. The van der Waals surface area contributed by atoms with Crippen LogP contribution in [0, 0.1) is 6.92 Å². The predicted octanol–water partition coefficient (Wildman–Crippen LogP) is 4.85. The number of para-hydroxylation sites is 1. The summed E-state index contributed by atoms with van der Waals surface area (Å²) in [6, 6.07) is 7.60. The number of halogens is 2. The molecule has 8 heteroatoms. The molecule has 1 saturated carbocycles. The monoisotopic (exact) mass is 425 g/mol. The van der Waals surface area contributed by atoms with Crippen molar-refractivity contribution < 1.29 is 9.59 Å². The first-order valence-electron chi connectivity index (χ1n) is 8.95. The van der Waals surface area contributed by atoms with Gasteiger partial charge in [0, 0.05) is 11.7 Å². The maximum atomic E-state index is 13.1. The Morgan fingerprint density at radius 3 is 2.56 bits per heavy atom. The van der Waals surface area contributed by atoms with E-state index in [-0.39, 0.29) is 33.5 Å². The van der Waals surface area contributed by atoms with Crippen LogP contribution in [0.15, 0.2) is 24.3 Å². The molecule has 0 spiro atoms. The van der Waals surface area contributed by atoms with Gasteiger partial charge < -0.3 is 5.32 Å². The third-order valence-electron chi connectivity index (χ3n) is 4.72. The normalized spacial score (nSPS) is 14.8. The van der Waals surface area contributed by atoms with Crippen molar-refractivity contribution in [3.63, 3.8) is 0 Å². The summed E-state index contributed by atoms with van der Waals surface area (Å²) >= 11 is 13.1. The van der Waals surface area contributed by atoms with E-state index in [0.717, 1.165) is 42.8 Å². The molecule has 0 bridgehead atoms. The molecule has 0 aliphatic heterocycles. The lowest BCUT2D eigenvalue weighted by atomic mass is 9.95. The number of aryl methyl sites for hydroxylation is 1. The van der Waals surface area contributed by atoms with E-state index >= 15 is 0 Å². The number of carbonyl (C=O) groups excluding carboxylic acids is 2. The van der Waals surface area contributed by atoms with Gasteiger partial charge in [0.2, 0.25) is 5.91 Å². The fraction of sp³-hybridized carbons (Fsp3) is 0.421. The fourth-order valence-electron chi connectivity index (χ4n) is 3.32. The average Bonchev–Trinajstić information content (AvgIpc) is 3.00. The highest BCUT2D eigenvalue weighted by Crippen LogP contribution is 2.31. The van der Waals surface area contributed by atoms with Gasteiger partial charge in [-0.05, 0) is 42.9 Å². The van der Waals surface area contributed by atoms with Gasteiger partial charge in [0.05, 0.1) is 0 Å². The van der Waals surface area contributed by atoms with E-state index in [9.17, 15) is 9.59 Å². The molecule has 5 nitrogen and oxygen atoms in total. The number of benzene rings is 1. The average molecular weight is 426 g/mol. The van der Waals surface area contributed by atoms with E-state index in [2.05, 4.69) is 9.69 Å². The molecule has 2 amide bonds. The van der Waals surface area contributed by atoms with Crippen LogP contribution in [-0.4, -0.2) is 28.8 Å². The van der Waals surface area contributed by atoms with Gasteiger partial charge >= 0.3 is 0 Å². The summed E-state index contributed by atoms with van der Waals surface area (Å²) in [7, 11) is 0. The van der Waals surface area contributed by atoms with Crippen LogP contribution < -0.4 is 10.2 Å². The van der Waals surface area contributed by atoms with Gasteiger partial charge in [-0.3, -0.25) is 14.5 Å².